The number of alkyl halides is 1. The summed E-state index contributed by atoms with van der Waals surface area (Å²) in [5.41, 5.74) is 4.79. The van der Waals surface area contributed by atoms with Gasteiger partial charge in [0.2, 0.25) is 0 Å². The maximum absolute atomic E-state index is 12.8. The largest absolute Gasteiger partial charge is 0.248 e. The molecule has 0 radical (unpaired) electrons. The lowest BCUT2D eigenvalue weighted by atomic mass is 9.95. The van der Waals surface area contributed by atoms with Crippen LogP contribution in [0.3, 0.4) is 0 Å². The van der Waals surface area contributed by atoms with Gasteiger partial charge < -0.3 is 0 Å². The van der Waals surface area contributed by atoms with Crippen LogP contribution in [0.1, 0.15) is 43.7 Å². The molecule has 0 amide bonds. The number of aryl methyl sites for hydroxylation is 1. The van der Waals surface area contributed by atoms with Crippen molar-refractivity contribution in [3.05, 3.63) is 60.7 Å². The number of halogens is 1. The first kappa shape index (κ1) is 17.3. The van der Waals surface area contributed by atoms with Gasteiger partial charge in [0.15, 0.2) is 0 Å². The lowest BCUT2D eigenvalue weighted by Gasteiger charge is -2.11. The van der Waals surface area contributed by atoms with Gasteiger partial charge >= 0.3 is 0 Å². The van der Waals surface area contributed by atoms with Gasteiger partial charge in [0.25, 0.3) is 0 Å². The number of rotatable bonds is 9. The van der Waals surface area contributed by atoms with Crippen LogP contribution in [-0.2, 0) is 12.8 Å². The molecule has 1 atom stereocenters. The zero-order chi connectivity index (χ0) is 16.5. The van der Waals surface area contributed by atoms with E-state index in [0.717, 1.165) is 37.7 Å². The average molecular weight is 312 g/mol. The molecule has 23 heavy (non-hydrogen) atoms. The summed E-state index contributed by atoms with van der Waals surface area (Å²) in [6.45, 7) is 5.49. The third kappa shape index (κ3) is 5.59. The zero-order valence-corrected chi connectivity index (χ0v) is 13.8. The van der Waals surface area contributed by atoms with Crippen LogP contribution in [0, 0.1) is 0 Å². The van der Waals surface area contributed by atoms with Gasteiger partial charge in [-0.1, -0.05) is 37.1 Å². The second-order valence-electron chi connectivity index (χ2n) is 5.99. The highest BCUT2D eigenvalue weighted by Crippen LogP contribution is 2.25. The summed E-state index contributed by atoms with van der Waals surface area (Å²) < 4.78 is 12.8. The monoisotopic (exact) mass is 312 g/mol. The Labute approximate surface area is 138 Å². The smallest absolute Gasteiger partial charge is 0.115 e. The van der Waals surface area contributed by atoms with E-state index in [4.69, 9.17) is 0 Å². The summed E-state index contributed by atoms with van der Waals surface area (Å²) in [4.78, 5) is 8.20. The Balaban J connectivity index is 2.03. The minimum atomic E-state index is -0.679. The Morgan fingerprint density at radius 3 is 2.65 bits per heavy atom. The van der Waals surface area contributed by atoms with Gasteiger partial charge in [0, 0.05) is 18.0 Å². The second-order valence-corrected chi connectivity index (χ2v) is 5.99. The fourth-order valence-electron chi connectivity index (χ4n) is 2.78. The van der Waals surface area contributed by atoms with E-state index in [1.165, 1.54) is 16.7 Å². The normalized spacial score (nSPS) is 12.1. The maximum Gasteiger partial charge on any atom is 0.115 e. The summed E-state index contributed by atoms with van der Waals surface area (Å²) in [7, 11) is 0. The molecule has 3 heteroatoms. The first-order chi connectivity index (χ1) is 11.2. The van der Waals surface area contributed by atoms with Crippen molar-refractivity contribution in [2.24, 2.45) is 0 Å². The molecule has 0 fully saturated rings. The number of benzene rings is 1. The molecule has 0 aliphatic heterocycles. The molecule has 2 nitrogen and oxygen atoms in total. The van der Waals surface area contributed by atoms with Crippen molar-refractivity contribution >= 4 is 0 Å². The van der Waals surface area contributed by atoms with Gasteiger partial charge in [0.05, 0.1) is 6.17 Å². The van der Waals surface area contributed by atoms with Gasteiger partial charge in [-0.2, -0.15) is 0 Å². The van der Waals surface area contributed by atoms with Gasteiger partial charge in [-0.25, -0.2) is 14.4 Å². The van der Waals surface area contributed by atoms with E-state index in [2.05, 4.69) is 34.7 Å². The number of nitrogens with zero attached hydrogens (tertiary/aromatic N) is 2. The molecule has 0 N–H and O–H groups in total. The minimum absolute atomic E-state index is 0.675. The Morgan fingerprint density at radius 2 is 1.96 bits per heavy atom. The molecule has 0 saturated heterocycles. The number of aromatic nitrogens is 2. The number of hydrogen-bond donors (Lipinski definition) is 0. The van der Waals surface area contributed by atoms with Crippen molar-refractivity contribution in [1.29, 1.82) is 0 Å². The van der Waals surface area contributed by atoms with Crippen LogP contribution in [0.5, 0.6) is 0 Å². The highest BCUT2D eigenvalue weighted by molar-refractivity contribution is 5.66. The summed E-state index contributed by atoms with van der Waals surface area (Å²) in [5, 5.41) is 0. The van der Waals surface area contributed by atoms with Crippen LogP contribution in [0.4, 0.5) is 4.39 Å². The van der Waals surface area contributed by atoms with E-state index < -0.39 is 6.17 Å². The first-order valence-corrected chi connectivity index (χ1v) is 8.33. The van der Waals surface area contributed by atoms with Gasteiger partial charge in [-0.3, -0.25) is 0 Å². The third-order valence-electron chi connectivity index (χ3n) is 3.97. The third-order valence-corrected chi connectivity index (χ3v) is 3.97. The predicted molar refractivity (Wildman–Crippen MR) is 94.1 cm³/mol. The first-order valence-electron chi connectivity index (χ1n) is 8.33. The maximum atomic E-state index is 12.8. The summed E-state index contributed by atoms with van der Waals surface area (Å²) in [5.74, 6) is 0. The van der Waals surface area contributed by atoms with E-state index in [-0.39, 0.29) is 0 Å². The number of allylic oxidation sites excluding steroid dienone is 1. The molecule has 0 bridgehead atoms. The molecule has 122 valence electrons. The Kier molecular flexibility index (Phi) is 6.92. The van der Waals surface area contributed by atoms with Gasteiger partial charge in [-0.15, -0.1) is 6.58 Å². The lowest BCUT2D eigenvalue weighted by Crippen LogP contribution is -1.95. The van der Waals surface area contributed by atoms with E-state index in [9.17, 15) is 4.39 Å². The topological polar surface area (TPSA) is 25.8 Å². The van der Waals surface area contributed by atoms with E-state index in [1.807, 2.05) is 18.5 Å². The highest BCUT2D eigenvalue weighted by Gasteiger charge is 2.06. The summed E-state index contributed by atoms with van der Waals surface area (Å²) in [6.07, 6.45) is 12.2. The standard InChI is InChI=1S/C20H25FN2/c1-3-7-18-12-17(9-6-4-5-8-16(2)21)10-11-20(18)19-13-22-15-23-14-19/h3,10-16H,1,4-9H2,2H3. The number of hydrogen-bond acceptors (Lipinski definition) is 2. The van der Waals surface area contributed by atoms with Crippen molar-refractivity contribution in [3.63, 3.8) is 0 Å². The Hall–Kier alpha value is -2.03. The van der Waals surface area contributed by atoms with Crippen LogP contribution < -0.4 is 0 Å². The molecule has 1 aromatic carbocycles. The molecule has 1 unspecified atom stereocenters. The van der Waals surface area contributed by atoms with E-state index in [0.29, 0.717) is 6.42 Å². The summed E-state index contributed by atoms with van der Waals surface area (Å²) >= 11 is 0. The second kappa shape index (κ2) is 9.19. The lowest BCUT2D eigenvalue weighted by molar-refractivity contribution is 0.330. The van der Waals surface area contributed by atoms with Crippen LogP contribution in [0.2, 0.25) is 0 Å². The SMILES string of the molecule is C=CCc1cc(CCCCCC(C)F)ccc1-c1cncnc1. The molecule has 1 heterocycles. The van der Waals surface area contributed by atoms with E-state index in [1.54, 1.807) is 13.3 Å². The van der Waals surface area contributed by atoms with Crippen molar-refractivity contribution in [2.75, 3.05) is 0 Å². The molecular formula is C20H25FN2. The van der Waals surface area contributed by atoms with Crippen LogP contribution in [0.25, 0.3) is 11.1 Å². The molecule has 2 rings (SSSR count). The molecule has 0 saturated carbocycles. The fourth-order valence-corrected chi connectivity index (χ4v) is 2.78. The molecule has 1 aromatic heterocycles. The van der Waals surface area contributed by atoms with Crippen molar-refractivity contribution in [1.82, 2.24) is 9.97 Å². The van der Waals surface area contributed by atoms with Gasteiger partial charge in [-0.05, 0) is 49.3 Å². The Morgan fingerprint density at radius 1 is 1.17 bits per heavy atom. The highest BCUT2D eigenvalue weighted by atomic mass is 19.1. The number of unbranched alkanes of at least 4 members (excludes halogenated alkanes) is 2. The molecule has 2 aromatic rings. The van der Waals surface area contributed by atoms with Crippen LogP contribution in [-0.4, -0.2) is 16.1 Å². The van der Waals surface area contributed by atoms with Crippen molar-refractivity contribution in [3.8, 4) is 11.1 Å². The zero-order valence-electron chi connectivity index (χ0n) is 13.8. The summed E-state index contributed by atoms with van der Waals surface area (Å²) in [6, 6.07) is 6.57. The Bertz CT molecular complexity index is 608. The molecule has 0 aliphatic rings. The average Bonchev–Trinajstić information content (AvgIpc) is 2.56. The van der Waals surface area contributed by atoms with Gasteiger partial charge in [0.1, 0.15) is 6.33 Å². The van der Waals surface area contributed by atoms with Crippen LogP contribution in [0.15, 0.2) is 49.6 Å². The molecule has 0 aliphatic carbocycles. The van der Waals surface area contributed by atoms with E-state index >= 15 is 0 Å². The van der Waals surface area contributed by atoms with Crippen LogP contribution >= 0.6 is 0 Å². The molecule has 0 spiro atoms. The molecular weight excluding hydrogens is 287 g/mol. The van der Waals surface area contributed by atoms with Crippen molar-refractivity contribution < 1.29 is 4.39 Å². The quantitative estimate of drug-likeness (QED) is 0.462. The minimum Gasteiger partial charge on any atom is -0.248 e. The fraction of sp³-hybridized carbons (Fsp3) is 0.400. The predicted octanol–water partition coefficient (Wildman–Crippen LogP) is 5.33. The van der Waals surface area contributed by atoms with Crippen molar-refractivity contribution in [2.45, 2.75) is 51.6 Å².